The van der Waals surface area contributed by atoms with Crippen LogP contribution in [0.1, 0.15) is 78.1 Å². The Hall–Kier alpha value is -2.12. The van der Waals surface area contributed by atoms with Crippen LogP contribution in [0.3, 0.4) is 0 Å². The molecule has 4 N–H and O–H groups in total. The van der Waals surface area contributed by atoms with Crippen molar-refractivity contribution in [2.24, 2.45) is 23.7 Å². The molecule has 8 nitrogen and oxygen atoms in total. The number of rotatable bonds is 9. The van der Waals surface area contributed by atoms with Crippen LogP contribution in [0.25, 0.3) is 0 Å². The molecule has 2 aliphatic carbocycles. The predicted octanol–water partition coefficient (Wildman–Crippen LogP) is 2.56. The fraction of sp³-hybridized carbons (Fsp3) is 0.818. The van der Waals surface area contributed by atoms with Gasteiger partial charge in [0.1, 0.15) is 0 Å². The van der Waals surface area contributed by atoms with E-state index < -0.39 is 11.9 Å². The standard InChI is InChI=1S/C22H36N2O6/c1-13-11-15(3-5-17(13)23-19(25)7-9-21(27)28)16-4-6-18(14(2)12-16)24-20(26)8-10-22(29)30/h13-18H,3-12H2,1-2H3,(H,23,25)(H,24,26)(H,27,28)(H,29,30). The number of carbonyl (C=O) groups excluding carboxylic acids is 2. The minimum atomic E-state index is -0.954. The van der Waals surface area contributed by atoms with E-state index in [1.807, 2.05) is 0 Å². The average molecular weight is 425 g/mol. The molecule has 30 heavy (non-hydrogen) atoms. The lowest BCUT2D eigenvalue weighted by Gasteiger charge is -2.43. The molecule has 0 radical (unpaired) electrons. The summed E-state index contributed by atoms with van der Waals surface area (Å²) in [6.45, 7) is 4.32. The van der Waals surface area contributed by atoms with E-state index in [0.29, 0.717) is 23.7 Å². The molecule has 8 heteroatoms. The molecule has 0 spiro atoms. The monoisotopic (exact) mass is 424 g/mol. The van der Waals surface area contributed by atoms with Crippen molar-refractivity contribution >= 4 is 23.8 Å². The molecule has 2 saturated carbocycles. The van der Waals surface area contributed by atoms with Crippen LogP contribution in [-0.4, -0.2) is 46.0 Å². The third-order valence-corrected chi connectivity index (χ3v) is 6.91. The van der Waals surface area contributed by atoms with Gasteiger partial charge in [-0.05, 0) is 62.2 Å². The van der Waals surface area contributed by atoms with Crippen molar-refractivity contribution in [1.29, 1.82) is 0 Å². The van der Waals surface area contributed by atoms with Crippen LogP contribution in [0.15, 0.2) is 0 Å². The maximum absolute atomic E-state index is 12.0. The van der Waals surface area contributed by atoms with Crippen LogP contribution in [0.5, 0.6) is 0 Å². The van der Waals surface area contributed by atoms with Crippen molar-refractivity contribution in [3.8, 4) is 0 Å². The molecular formula is C22H36N2O6. The Morgan fingerprint density at radius 1 is 0.667 bits per heavy atom. The largest absolute Gasteiger partial charge is 0.481 e. The number of hydrogen-bond acceptors (Lipinski definition) is 4. The van der Waals surface area contributed by atoms with Crippen LogP contribution in [0.2, 0.25) is 0 Å². The maximum Gasteiger partial charge on any atom is 0.303 e. The third-order valence-electron chi connectivity index (χ3n) is 6.91. The summed E-state index contributed by atoms with van der Waals surface area (Å²) in [4.78, 5) is 45.1. The summed E-state index contributed by atoms with van der Waals surface area (Å²) in [7, 11) is 0. The van der Waals surface area contributed by atoms with Gasteiger partial charge < -0.3 is 20.8 Å². The van der Waals surface area contributed by atoms with Gasteiger partial charge in [0, 0.05) is 24.9 Å². The van der Waals surface area contributed by atoms with E-state index in [1.54, 1.807) is 0 Å². The topological polar surface area (TPSA) is 133 Å². The molecule has 2 rings (SSSR count). The molecule has 0 aromatic carbocycles. The zero-order chi connectivity index (χ0) is 22.3. The first kappa shape index (κ1) is 24.2. The van der Waals surface area contributed by atoms with Gasteiger partial charge in [-0.2, -0.15) is 0 Å². The van der Waals surface area contributed by atoms with Gasteiger partial charge >= 0.3 is 11.9 Å². The number of carbonyl (C=O) groups is 4. The van der Waals surface area contributed by atoms with E-state index in [9.17, 15) is 19.2 Å². The Morgan fingerprint density at radius 3 is 1.33 bits per heavy atom. The van der Waals surface area contributed by atoms with Gasteiger partial charge in [0.2, 0.25) is 11.8 Å². The van der Waals surface area contributed by atoms with Gasteiger partial charge in [-0.3, -0.25) is 19.2 Å². The van der Waals surface area contributed by atoms with E-state index in [0.717, 1.165) is 38.5 Å². The molecule has 2 fully saturated rings. The second-order valence-corrected chi connectivity index (χ2v) is 9.24. The van der Waals surface area contributed by atoms with Crippen molar-refractivity contribution in [3.63, 3.8) is 0 Å². The van der Waals surface area contributed by atoms with Crippen molar-refractivity contribution < 1.29 is 29.4 Å². The van der Waals surface area contributed by atoms with Crippen molar-refractivity contribution in [3.05, 3.63) is 0 Å². The first-order chi connectivity index (χ1) is 14.2. The Balaban J connectivity index is 1.75. The highest BCUT2D eigenvalue weighted by Crippen LogP contribution is 2.42. The Bertz CT molecular complexity index is 583. The second kappa shape index (κ2) is 11.3. The molecule has 0 heterocycles. The van der Waals surface area contributed by atoms with Gasteiger partial charge in [0.15, 0.2) is 0 Å². The van der Waals surface area contributed by atoms with Gasteiger partial charge in [-0.1, -0.05) is 13.8 Å². The first-order valence-electron chi connectivity index (χ1n) is 11.2. The van der Waals surface area contributed by atoms with Crippen molar-refractivity contribution in [2.75, 3.05) is 0 Å². The van der Waals surface area contributed by atoms with Crippen LogP contribution in [0.4, 0.5) is 0 Å². The third kappa shape index (κ3) is 7.61. The summed E-state index contributed by atoms with van der Waals surface area (Å²) >= 11 is 0. The predicted molar refractivity (Wildman–Crippen MR) is 111 cm³/mol. The molecule has 0 aromatic rings. The number of nitrogens with one attached hydrogen (secondary N) is 2. The van der Waals surface area contributed by atoms with Crippen LogP contribution in [0, 0.1) is 23.7 Å². The molecule has 0 aromatic heterocycles. The summed E-state index contributed by atoms with van der Waals surface area (Å²) in [6, 6.07) is 0.231. The molecule has 6 unspecified atom stereocenters. The number of amides is 2. The smallest absolute Gasteiger partial charge is 0.303 e. The maximum atomic E-state index is 12.0. The van der Waals surface area contributed by atoms with Crippen molar-refractivity contribution in [2.45, 2.75) is 90.1 Å². The van der Waals surface area contributed by atoms with Crippen LogP contribution < -0.4 is 10.6 Å². The molecule has 2 amide bonds. The fourth-order valence-corrected chi connectivity index (χ4v) is 5.16. The highest BCUT2D eigenvalue weighted by Gasteiger charge is 2.37. The molecule has 0 aliphatic heterocycles. The molecule has 0 saturated heterocycles. The Labute approximate surface area is 178 Å². The van der Waals surface area contributed by atoms with Gasteiger partial charge in [-0.25, -0.2) is 0 Å². The number of aliphatic carboxylic acids is 2. The van der Waals surface area contributed by atoms with E-state index in [1.165, 1.54) is 0 Å². The van der Waals surface area contributed by atoms with Gasteiger partial charge in [0.25, 0.3) is 0 Å². The number of carboxylic acid groups (broad SMARTS) is 2. The normalized spacial score (nSPS) is 31.5. The summed E-state index contributed by atoms with van der Waals surface area (Å²) < 4.78 is 0. The van der Waals surface area contributed by atoms with Crippen LogP contribution in [-0.2, 0) is 19.2 Å². The highest BCUT2D eigenvalue weighted by atomic mass is 16.4. The fourth-order valence-electron chi connectivity index (χ4n) is 5.16. The Morgan fingerprint density at radius 2 is 1.03 bits per heavy atom. The summed E-state index contributed by atoms with van der Waals surface area (Å²) in [5.74, 6) is -0.325. The van der Waals surface area contributed by atoms with Crippen molar-refractivity contribution in [1.82, 2.24) is 10.6 Å². The lowest BCUT2D eigenvalue weighted by molar-refractivity contribution is -0.139. The molecule has 2 aliphatic rings. The second-order valence-electron chi connectivity index (χ2n) is 9.24. The first-order valence-corrected chi connectivity index (χ1v) is 11.2. The SMILES string of the molecule is CC1CC(C2CCC(NC(=O)CCC(=O)O)C(C)C2)CCC1NC(=O)CCC(=O)O. The van der Waals surface area contributed by atoms with E-state index in [2.05, 4.69) is 24.5 Å². The van der Waals surface area contributed by atoms with Crippen LogP contribution >= 0.6 is 0 Å². The number of hydrogen-bond donors (Lipinski definition) is 4. The molecule has 0 bridgehead atoms. The van der Waals surface area contributed by atoms with E-state index in [-0.39, 0.29) is 49.6 Å². The minimum Gasteiger partial charge on any atom is -0.481 e. The zero-order valence-corrected chi connectivity index (χ0v) is 18.1. The average Bonchev–Trinajstić information content (AvgIpc) is 2.68. The summed E-state index contributed by atoms with van der Waals surface area (Å²) in [6.07, 6.45) is 5.85. The quantitative estimate of drug-likeness (QED) is 0.450. The lowest BCUT2D eigenvalue weighted by atomic mass is 9.66. The summed E-state index contributed by atoms with van der Waals surface area (Å²) in [5, 5.41) is 23.4. The minimum absolute atomic E-state index is 0.0295. The lowest BCUT2D eigenvalue weighted by Crippen LogP contribution is -2.46. The molecule has 170 valence electrons. The highest BCUT2D eigenvalue weighted by molar-refractivity contribution is 5.81. The summed E-state index contributed by atoms with van der Waals surface area (Å²) in [5.41, 5.74) is 0. The molecular weight excluding hydrogens is 388 g/mol. The molecule has 6 atom stereocenters. The van der Waals surface area contributed by atoms with Gasteiger partial charge in [-0.15, -0.1) is 0 Å². The van der Waals surface area contributed by atoms with E-state index >= 15 is 0 Å². The Kier molecular flexibility index (Phi) is 9.11. The van der Waals surface area contributed by atoms with E-state index in [4.69, 9.17) is 10.2 Å². The number of carboxylic acids is 2. The van der Waals surface area contributed by atoms with Gasteiger partial charge in [0.05, 0.1) is 12.8 Å². The zero-order valence-electron chi connectivity index (χ0n) is 18.1.